The molecule has 0 fully saturated rings. The first-order valence-corrected chi connectivity index (χ1v) is 6.76. The van der Waals surface area contributed by atoms with Crippen LogP contribution in [0.15, 0.2) is 54.7 Å². The third kappa shape index (κ3) is 4.02. The molecule has 2 rings (SSSR count). The molecule has 0 aliphatic carbocycles. The fourth-order valence-corrected chi connectivity index (χ4v) is 2.01. The van der Waals surface area contributed by atoms with Gasteiger partial charge in [0.05, 0.1) is 6.42 Å². The molecular weight excluding hydrogens is 265 g/mol. The predicted octanol–water partition coefficient (Wildman–Crippen LogP) is 4.64. The van der Waals surface area contributed by atoms with Gasteiger partial charge >= 0.3 is 0 Å². The van der Waals surface area contributed by atoms with Crippen molar-refractivity contribution in [3.8, 4) is 0 Å². The summed E-state index contributed by atoms with van der Waals surface area (Å²) in [7, 11) is 0. The average molecular weight is 283 g/mol. The smallest absolute Gasteiger partial charge is 0.168 e. The highest BCUT2D eigenvalue weighted by atomic mass is 19.1. The lowest BCUT2D eigenvalue weighted by Crippen LogP contribution is -2.06. The van der Waals surface area contributed by atoms with E-state index in [0.29, 0.717) is 16.8 Å². The summed E-state index contributed by atoms with van der Waals surface area (Å²) in [5.41, 5.74) is 3.66. The summed E-state index contributed by atoms with van der Waals surface area (Å²) in [6, 6.07) is 12.2. The zero-order valence-electron chi connectivity index (χ0n) is 12.2. The minimum atomic E-state index is -0.248. The quantitative estimate of drug-likeness (QED) is 0.810. The van der Waals surface area contributed by atoms with E-state index in [1.165, 1.54) is 6.07 Å². The number of halogens is 1. The standard InChI is InChI=1S/C18H18FNO/c1-12-4-6-15(7-5-12)18(21)11-14(3)20-16-8-9-17(19)13(2)10-16/h4-10,20H,3,11H2,1-2H3. The Morgan fingerprint density at radius 3 is 2.43 bits per heavy atom. The summed E-state index contributed by atoms with van der Waals surface area (Å²) in [4.78, 5) is 12.1. The van der Waals surface area contributed by atoms with Gasteiger partial charge in [-0.25, -0.2) is 4.39 Å². The molecule has 2 aromatic rings. The summed E-state index contributed by atoms with van der Waals surface area (Å²) in [5, 5.41) is 3.04. The first-order valence-electron chi connectivity index (χ1n) is 6.76. The summed E-state index contributed by atoms with van der Waals surface area (Å²) in [6.07, 6.45) is 0.208. The summed E-state index contributed by atoms with van der Waals surface area (Å²) < 4.78 is 13.2. The van der Waals surface area contributed by atoms with Gasteiger partial charge in [-0.15, -0.1) is 0 Å². The van der Waals surface area contributed by atoms with Crippen molar-refractivity contribution >= 4 is 11.5 Å². The summed E-state index contributed by atoms with van der Waals surface area (Å²) in [6.45, 7) is 7.53. The lowest BCUT2D eigenvalue weighted by Gasteiger charge is -2.10. The molecule has 1 N–H and O–H groups in total. The van der Waals surface area contributed by atoms with Gasteiger partial charge in [-0.05, 0) is 37.6 Å². The van der Waals surface area contributed by atoms with E-state index in [-0.39, 0.29) is 18.0 Å². The molecule has 0 radical (unpaired) electrons. The van der Waals surface area contributed by atoms with Crippen LogP contribution < -0.4 is 5.32 Å². The number of nitrogens with one attached hydrogen (secondary N) is 1. The first kappa shape index (κ1) is 15.0. The van der Waals surface area contributed by atoms with Gasteiger partial charge < -0.3 is 5.32 Å². The maximum Gasteiger partial charge on any atom is 0.168 e. The molecule has 0 unspecified atom stereocenters. The van der Waals surface area contributed by atoms with Crippen molar-refractivity contribution in [3.63, 3.8) is 0 Å². The molecule has 0 saturated heterocycles. The molecule has 0 aliphatic heterocycles. The normalized spacial score (nSPS) is 10.2. The SMILES string of the molecule is C=C(CC(=O)c1ccc(C)cc1)Nc1ccc(F)c(C)c1. The van der Waals surface area contributed by atoms with E-state index in [4.69, 9.17) is 0 Å². The van der Waals surface area contributed by atoms with Crippen molar-refractivity contribution in [2.75, 3.05) is 5.32 Å². The number of ketones is 1. The van der Waals surface area contributed by atoms with Gasteiger partial charge in [0, 0.05) is 16.9 Å². The van der Waals surface area contributed by atoms with Crippen LogP contribution in [0.5, 0.6) is 0 Å². The van der Waals surface area contributed by atoms with Gasteiger partial charge in [0.15, 0.2) is 5.78 Å². The van der Waals surface area contributed by atoms with Crippen molar-refractivity contribution in [1.29, 1.82) is 0 Å². The number of hydrogen-bond donors (Lipinski definition) is 1. The van der Waals surface area contributed by atoms with E-state index in [1.54, 1.807) is 19.1 Å². The predicted molar refractivity (Wildman–Crippen MR) is 84.0 cm³/mol. The molecule has 0 atom stereocenters. The highest BCUT2D eigenvalue weighted by Gasteiger charge is 2.08. The zero-order chi connectivity index (χ0) is 15.4. The fourth-order valence-electron chi connectivity index (χ4n) is 2.01. The summed E-state index contributed by atoms with van der Waals surface area (Å²) in [5.74, 6) is -0.242. The van der Waals surface area contributed by atoms with Crippen molar-refractivity contribution in [2.45, 2.75) is 20.3 Å². The molecule has 2 aromatic carbocycles. The number of carbonyl (C=O) groups is 1. The number of hydrogen-bond acceptors (Lipinski definition) is 2. The lowest BCUT2D eigenvalue weighted by molar-refractivity contribution is 0.0993. The van der Waals surface area contributed by atoms with Gasteiger partial charge in [0.2, 0.25) is 0 Å². The van der Waals surface area contributed by atoms with Crippen LogP contribution in [-0.4, -0.2) is 5.78 Å². The van der Waals surface area contributed by atoms with Crippen LogP contribution >= 0.6 is 0 Å². The third-order valence-corrected chi connectivity index (χ3v) is 3.23. The number of allylic oxidation sites excluding steroid dienone is 1. The van der Waals surface area contributed by atoms with E-state index in [2.05, 4.69) is 11.9 Å². The van der Waals surface area contributed by atoms with Gasteiger partial charge in [-0.2, -0.15) is 0 Å². The van der Waals surface area contributed by atoms with Gasteiger partial charge in [0.25, 0.3) is 0 Å². The maximum atomic E-state index is 13.2. The first-order chi connectivity index (χ1) is 9.95. The second kappa shape index (κ2) is 6.35. The van der Waals surface area contributed by atoms with Crippen LogP contribution in [-0.2, 0) is 0 Å². The van der Waals surface area contributed by atoms with E-state index >= 15 is 0 Å². The van der Waals surface area contributed by atoms with E-state index in [0.717, 1.165) is 11.3 Å². The molecule has 0 aliphatic rings. The number of anilines is 1. The Bertz CT molecular complexity index is 674. The van der Waals surface area contributed by atoms with Crippen LogP contribution in [0.25, 0.3) is 0 Å². The fraction of sp³-hybridized carbons (Fsp3) is 0.167. The van der Waals surface area contributed by atoms with Gasteiger partial charge in [-0.1, -0.05) is 36.4 Å². The molecule has 0 aromatic heterocycles. The zero-order valence-corrected chi connectivity index (χ0v) is 12.2. The molecule has 3 heteroatoms. The van der Waals surface area contributed by atoms with Crippen molar-refractivity contribution in [3.05, 3.63) is 77.2 Å². The van der Waals surface area contributed by atoms with Gasteiger partial charge in [-0.3, -0.25) is 4.79 Å². The number of benzene rings is 2. The number of carbonyl (C=O) groups excluding carboxylic acids is 1. The van der Waals surface area contributed by atoms with Gasteiger partial charge in [0.1, 0.15) is 5.82 Å². The number of aryl methyl sites for hydroxylation is 2. The van der Waals surface area contributed by atoms with Crippen LogP contribution in [0.3, 0.4) is 0 Å². The monoisotopic (exact) mass is 283 g/mol. The Labute approximate surface area is 124 Å². The largest absolute Gasteiger partial charge is 0.359 e. The molecule has 21 heavy (non-hydrogen) atoms. The van der Waals surface area contributed by atoms with E-state index in [9.17, 15) is 9.18 Å². The van der Waals surface area contributed by atoms with Crippen LogP contribution in [0.1, 0.15) is 27.9 Å². The molecular formula is C18H18FNO. The second-order valence-corrected chi connectivity index (χ2v) is 5.16. The Morgan fingerprint density at radius 1 is 1.14 bits per heavy atom. The minimum absolute atomic E-state index is 0.00586. The Hall–Kier alpha value is -2.42. The van der Waals surface area contributed by atoms with Crippen LogP contribution in [0.2, 0.25) is 0 Å². The highest BCUT2D eigenvalue weighted by Crippen LogP contribution is 2.17. The Morgan fingerprint density at radius 2 is 1.81 bits per heavy atom. The lowest BCUT2D eigenvalue weighted by atomic mass is 10.1. The average Bonchev–Trinajstić information content (AvgIpc) is 2.43. The molecule has 0 amide bonds. The summed E-state index contributed by atoms with van der Waals surface area (Å²) >= 11 is 0. The van der Waals surface area contributed by atoms with E-state index in [1.807, 2.05) is 31.2 Å². The Kier molecular flexibility index (Phi) is 4.53. The van der Waals surface area contributed by atoms with Crippen LogP contribution in [0, 0.1) is 19.7 Å². The number of Topliss-reactive ketones (excluding diaryl/α,β-unsaturated/α-hetero) is 1. The molecule has 108 valence electrons. The Balaban J connectivity index is 1.99. The maximum absolute atomic E-state index is 13.2. The van der Waals surface area contributed by atoms with E-state index < -0.39 is 0 Å². The molecule has 0 spiro atoms. The molecule has 2 nitrogen and oxygen atoms in total. The molecule has 0 heterocycles. The molecule has 0 saturated carbocycles. The minimum Gasteiger partial charge on any atom is -0.359 e. The molecule has 0 bridgehead atoms. The topological polar surface area (TPSA) is 29.1 Å². The highest BCUT2D eigenvalue weighted by molar-refractivity contribution is 5.97. The van der Waals surface area contributed by atoms with Crippen molar-refractivity contribution in [1.82, 2.24) is 0 Å². The van der Waals surface area contributed by atoms with Crippen molar-refractivity contribution in [2.24, 2.45) is 0 Å². The van der Waals surface area contributed by atoms with Crippen molar-refractivity contribution < 1.29 is 9.18 Å². The van der Waals surface area contributed by atoms with Crippen LogP contribution in [0.4, 0.5) is 10.1 Å². The second-order valence-electron chi connectivity index (χ2n) is 5.16. The third-order valence-electron chi connectivity index (χ3n) is 3.23. The number of rotatable bonds is 5.